The molecule has 0 aliphatic carbocycles. The molecule has 0 atom stereocenters. The van der Waals surface area contributed by atoms with Crippen molar-refractivity contribution in [3.8, 4) is 0 Å². The number of carboxylic acid groups (broad SMARTS) is 1. The zero-order valence-corrected chi connectivity index (χ0v) is 7.73. The molecule has 0 spiro atoms. The van der Waals surface area contributed by atoms with Crippen molar-refractivity contribution < 1.29 is 9.90 Å². The maximum Gasteiger partial charge on any atom is 0.307 e. The van der Waals surface area contributed by atoms with Gasteiger partial charge in [-0.25, -0.2) is 0 Å². The lowest BCUT2D eigenvalue weighted by Gasteiger charge is -2.01. The molecule has 0 aromatic heterocycles. The van der Waals surface area contributed by atoms with Gasteiger partial charge in [0.2, 0.25) is 0 Å². The minimum Gasteiger partial charge on any atom is -0.481 e. The summed E-state index contributed by atoms with van der Waals surface area (Å²) in [6.45, 7) is 0. The summed E-state index contributed by atoms with van der Waals surface area (Å²) >= 11 is 0. The fraction of sp³-hybridized carbons (Fsp3) is 0.125. The Balaban J connectivity index is 2.89. The molecule has 2 nitrogen and oxygen atoms in total. The van der Waals surface area contributed by atoms with Gasteiger partial charge in [0.05, 0.1) is 6.42 Å². The standard InChI is InChI=1S/C8H7ClO2S/c9-12-7-4-2-1-3-6(7)5-8(10)11/h1-4H,5H2,(H,10,11). The molecule has 0 saturated heterocycles. The highest BCUT2D eigenvalue weighted by Crippen LogP contribution is 2.25. The van der Waals surface area contributed by atoms with E-state index >= 15 is 0 Å². The number of halogens is 1. The van der Waals surface area contributed by atoms with E-state index in [-0.39, 0.29) is 6.42 Å². The van der Waals surface area contributed by atoms with Crippen molar-refractivity contribution in [1.82, 2.24) is 0 Å². The van der Waals surface area contributed by atoms with Crippen molar-refractivity contribution in [3.63, 3.8) is 0 Å². The van der Waals surface area contributed by atoms with Crippen molar-refractivity contribution in [2.24, 2.45) is 0 Å². The summed E-state index contributed by atoms with van der Waals surface area (Å²) in [7, 11) is 6.59. The molecule has 0 heterocycles. The SMILES string of the molecule is O=C(O)Cc1ccccc1SCl. The fourth-order valence-electron chi connectivity index (χ4n) is 0.888. The van der Waals surface area contributed by atoms with Crippen molar-refractivity contribution in [3.05, 3.63) is 29.8 Å². The van der Waals surface area contributed by atoms with E-state index in [4.69, 9.17) is 15.8 Å². The highest BCUT2D eigenvalue weighted by molar-refractivity contribution is 8.21. The molecule has 64 valence electrons. The number of aliphatic carboxylic acids is 1. The molecule has 0 unspecified atom stereocenters. The third-order valence-electron chi connectivity index (χ3n) is 1.40. The Morgan fingerprint density at radius 3 is 2.75 bits per heavy atom. The number of hydrogen-bond acceptors (Lipinski definition) is 2. The van der Waals surface area contributed by atoms with E-state index in [2.05, 4.69) is 0 Å². The predicted molar refractivity (Wildman–Crippen MR) is 49.5 cm³/mol. The van der Waals surface area contributed by atoms with E-state index in [0.717, 1.165) is 21.4 Å². The van der Waals surface area contributed by atoms with E-state index in [1.807, 2.05) is 6.07 Å². The smallest absolute Gasteiger partial charge is 0.307 e. The van der Waals surface area contributed by atoms with Gasteiger partial charge in [-0.3, -0.25) is 4.79 Å². The Morgan fingerprint density at radius 1 is 1.50 bits per heavy atom. The molecule has 0 bridgehead atoms. The third kappa shape index (κ3) is 2.43. The molecule has 0 aliphatic heterocycles. The van der Waals surface area contributed by atoms with Crippen molar-refractivity contribution in [1.29, 1.82) is 0 Å². The second-order valence-electron chi connectivity index (χ2n) is 2.26. The lowest BCUT2D eigenvalue weighted by molar-refractivity contribution is -0.136. The summed E-state index contributed by atoms with van der Waals surface area (Å²) in [5.74, 6) is -0.840. The van der Waals surface area contributed by atoms with E-state index < -0.39 is 5.97 Å². The number of rotatable bonds is 3. The molecule has 12 heavy (non-hydrogen) atoms. The zero-order valence-electron chi connectivity index (χ0n) is 6.16. The Bertz CT molecular complexity index is 288. The minimum atomic E-state index is -0.840. The van der Waals surface area contributed by atoms with Crippen LogP contribution < -0.4 is 0 Å². The molecule has 1 aromatic rings. The summed E-state index contributed by atoms with van der Waals surface area (Å²) in [4.78, 5) is 11.2. The summed E-state index contributed by atoms with van der Waals surface area (Å²) in [5.41, 5.74) is 0.755. The van der Waals surface area contributed by atoms with Crippen LogP contribution in [0, 0.1) is 0 Å². The monoisotopic (exact) mass is 202 g/mol. The van der Waals surface area contributed by atoms with E-state index in [1.54, 1.807) is 18.2 Å². The Labute approximate surface area is 79.0 Å². The molecule has 0 saturated carbocycles. The normalized spacial score (nSPS) is 9.75. The van der Waals surface area contributed by atoms with Gasteiger partial charge in [-0.05, 0) is 33.3 Å². The second kappa shape index (κ2) is 4.38. The number of carbonyl (C=O) groups is 1. The highest BCUT2D eigenvalue weighted by atomic mass is 35.7. The maximum atomic E-state index is 10.4. The largest absolute Gasteiger partial charge is 0.481 e. The number of carboxylic acids is 1. The summed E-state index contributed by atoms with van der Waals surface area (Å²) in [6, 6.07) is 7.19. The van der Waals surface area contributed by atoms with Gasteiger partial charge < -0.3 is 5.11 Å². The molecular weight excluding hydrogens is 196 g/mol. The zero-order chi connectivity index (χ0) is 8.97. The van der Waals surface area contributed by atoms with Crippen LogP contribution in [0.15, 0.2) is 29.2 Å². The van der Waals surface area contributed by atoms with Crippen LogP contribution >= 0.6 is 21.7 Å². The molecule has 0 aliphatic rings. The molecule has 1 rings (SSSR count). The number of benzene rings is 1. The van der Waals surface area contributed by atoms with Crippen molar-refractivity contribution in [2.45, 2.75) is 11.3 Å². The molecule has 0 radical (unpaired) electrons. The molecule has 4 heteroatoms. The average Bonchev–Trinajstić information content (AvgIpc) is 2.04. The van der Waals surface area contributed by atoms with Crippen LogP contribution in [0.3, 0.4) is 0 Å². The first-order valence-electron chi connectivity index (χ1n) is 3.32. The quantitative estimate of drug-likeness (QED) is 0.819. The van der Waals surface area contributed by atoms with E-state index in [9.17, 15) is 4.79 Å². The topological polar surface area (TPSA) is 37.3 Å². The summed E-state index contributed by atoms with van der Waals surface area (Å²) in [5, 5.41) is 8.53. The van der Waals surface area contributed by atoms with Crippen LogP contribution in [0.25, 0.3) is 0 Å². The van der Waals surface area contributed by atoms with Gasteiger partial charge in [-0.2, -0.15) is 0 Å². The van der Waals surface area contributed by atoms with Crippen LogP contribution in [-0.2, 0) is 11.2 Å². The summed E-state index contributed by atoms with van der Waals surface area (Å²) in [6.07, 6.45) is 0.0237. The molecule has 0 amide bonds. The van der Waals surface area contributed by atoms with E-state index in [1.165, 1.54) is 0 Å². The van der Waals surface area contributed by atoms with Gasteiger partial charge in [0, 0.05) is 4.90 Å². The van der Waals surface area contributed by atoms with Crippen molar-refractivity contribution >= 4 is 27.6 Å². The lowest BCUT2D eigenvalue weighted by Crippen LogP contribution is -2.00. The molecule has 0 fully saturated rings. The second-order valence-corrected chi connectivity index (χ2v) is 3.31. The maximum absolute atomic E-state index is 10.4. The van der Waals surface area contributed by atoms with Gasteiger partial charge in [-0.15, -0.1) is 0 Å². The Kier molecular flexibility index (Phi) is 3.44. The van der Waals surface area contributed by atoms with Crippen LogP contribution in [0.1, 0.15) is 5.56 Å². The fourth-order valence-corrected chi connectivity index (χ4v) is 1.71. The van der Waals surface area contributed by atoms with Crippen LogP contribution in [-0.4, -0.2) is 11.1 Å². The van der Waals surface area contributed by atoms with Crippen LogP contribution in [0.4, 0.5) is 0 Å². The first kappa shape index (κ1) is 9.42. The van der Waals surface area contributed by atoms with E-state index in [0.29, 0.717) is 0 Å². The summed E-state index contributed by atoms with van der Waals surface area (Å²) < 4.78 is 0. The highest BCUT2D eigenvalue weighted by Gasteiger charge is 2.04. The van der Waals surface area contributed by atoms with Gasteiger partial charge in [0.15, 0.2) is 0 Å². The minimum absolute atomic E-state index is 0.0237. The first-order chi connectivity index (χ1) is 5.74. The van der Waals surface area contributed by atoms with Gasteiger partial charge in [-0.1, -0.05) is 18.2 Å². The number of hydrogen-bond donors (Lipinski definition) is 1. The van der Waals surface area contributed by atoms with Crippen LogP contribution in [0.5, 0.6) is 0 Å². The average molecular weight is 203 g/mol. The van der Waals surface area contributed by atoms with Gasteiger partial charge in [0.25, 0.3) is 0 Å². The Hall–Kier alpha value is -0.670. The van der Waals surface area contributed by atoms with Gasteiger partial charge >= 0.3 is 5.97 Å². The first-order valence-corrected chi connectivity index (χ1v) is 4.96. The van der Waals surface area contributed by atoms with Gasteiger partial charge in [0.1, 0.15) is 0 Å². The predicted octanol–water partition coefficient (Wildman–Crippen LogP) is 2.56. The third-order valence-corrected chi connectivity index (χ3v) is 2.46. The Morgan fingerprint density at radius 2 is 2.17 bits per heavy atom. The van der Waals surface area contributed by atoms with Crippen LogP contribution in [0.2, 0.25) is 0 Å². The molecule has 1 N–H and O–H groups in total. The molecule has 1 aromatic carbocycles. The van der Waals surface area contributed by atoms with Crippen molar-refractivity contribution in [2.75, 3.05) is 0 Å². The lowest BCUT2D eigenvalue weighted by atomic mass is 10.1. The molecular formula is C8H7ClO2S.